The number of carbonyl (C=O) groups excluding carboxylic acids is 2. The number of epoxide rings is 1. The van der Waals surface area contributed by atoms with Crippen molar-refractivity contribution in [1.82, 2.24) is 9.80 Å². The van der Waals surface area contributed by atoms with Crippen LogP contribution in [0.1, 0.15) is 107 Å². The van der Waals surface area contributed by atoms with Crippen LogP contribution in [0.5, 0.6) is 0 Å². The van der Waals surface area contributed by atoms with E-state index in [-0.39, 0.29) is 43.3 Å². The smallest absolute Gasteiger partial charge is 0.410 e. The summed E-state index contributed by atoms with van der Waals surface area (Å²) in [5.74, 6) is -0.964. The van der Waals surface area contributed by atoms with Crippen LogP contribution in [0.2, 0.25) is 0 Å². The predicted molar refractivity (Wildman–Crippen MR) is 212 cm³/mol. The maximum Gasteiger partial charge on any atom is 0.410 e. The van der Waals surface area contributed by atoms with Crippen LogP contribution in [-0.4, -0.2) is 123 Å². The third kappa shape index (κ3) is 15.0. The molecule has 0 aliphatic carbocycles. The summed E-state index contributed by atoms with van der Waals surface area (Å²) in [6.45, 7) is 20.5. The average molecular weight is 759 g/mol. The maximum atomic E-state index is 13.4. The fourth-order valence-electron chi connectivity index (χ4n) is 7.07. The van der Waals surface area contributed by atoms with Crippen molar-refractivity contribution >= 4 is 12.1 Å². The number of piperazine rings is 1. The summed E-state index contributed by atoms with van der Waals surface area (Å²) in [4.78, 5) is 30.4. The number of carbonyl (C=O) groups is 2. The summed E-state index contributed by atoms with van der Waals surface area (Å²) in [5, 5.41) is 43.5. The third-order valence-electron chi connectivity index (χ3n) is 11.0. The molecule has 2 fully saturated rings. The van der Waals surface area contributed by atoms with Crippen molar-refractivity contribution in [2.45, 2.75) is 155 Å². The Morgan fingerprint density at radius 3 is 2.48 bits per heavy atom. The monoisotopic (exact) mass is 759 g/mol. The molecule has 0 spiro atoms. The first-order valence-electron chi connectivity index (χ1n) is 20.0. The van der Waals surface area contributed by atoms with Crippen molar-refractivity contribution in [2.24, 2.45) is 11.8 Å². The molecule has 3 aliphatic rings. The van der Waals surface area contributed by atoms with Gasteiger partial charge < -0.3 is 39.5 Å². The minimum atomic E-state index is -1.50. The van der Waals surface area contributed by atoms with Crippen molar-refractivity contribution in [3.8, 4) is 0 Å². The Morgan fingerprint density at radius 2 is 1.83 bits per heavy atom. The lowest BCUT2D eigenvalue weighted by molar-refractivity contribution is -0.151. The van der Waals surface area contributed by atoms with Crippen LogP contribution in [0.3, 0.4) is 0 Å². The molecule has 1 amide bonds. The van der Waals surface area contributed by atoms with Crippen LogP contribution >= 0.6 is 0 Å². The molecule has 3 heterocycles. The summed E-state index contributed by atoms with van der Waals surface area (Å²) in [5.41, 5.74) is 0.717. The molecule has 11 heteroatoms. The van der Waals surface area contributed by atoms with Gasteiger partial charge in [-0.2, -0.15) is 0 Å². The number of cyclic esters (lactones) is 1. The zero-order chi connectivity index (χ0) is 40.2. The van der Waals surface area contributed by atoms with Gasteiger partial charge >= 0.3 is 12.1 Å². The molecule has 11 nitrogen and oxygen atoms in total. The van der Waals surface area contributed by atoms with Crippen molar-refractivity contribution in [2.75, 3.05) is 32.7 Å². The predicted octanol–water partition coefficient (Wildman–Crippen LogP) is 6.02. The number of aliphatic hydroxyl groups excluding tert-OH is 2. The van der Waals surface area contributed by atoms with E-state index in [1.807, 2.05) is 27.7 Å². The van der Waals surface area contributed by atoms with E-state index >= 15 is 0 Å². The second-order valence-corrected chi connectivity index (χ2v) is 16.7. The zero-order valence-corrected chi connectivity index (χ0v) is 34.4. The number of rotatable bonds is 14. The number of amides is 1. The normalized spacial score (nSPS) is 32.1. The topological polar surface area (TPSA) is 153 Å². The van der Waals surface area contributed by atoms with Crippen LogP contribution in [-0.2, 0) is 19.0 Å². The third-order valence-corrected chi connectivity index (χ3v) is 11.0. The van der Waals surface area contributed by atoms with Crippen LogP contribution in [0.4, 0.5) is 4.79 Å². The van der Waals surface area contributed by atoms with Gasteiger partial charge in [-0.15, -0.1) is 0 Å². The maximum absolute atomic E-state index is 13.4. The summed E-state index contributed by atoms with van der Waals surface area (Å²) < 4.78 is 17.6. The Balaban J connectivity index is 1.67. The molecule has 0 aromatic rings. The number of nitrogens with zero attached hydrogens (tertiary/aromatic N) is 2. The van der Waals surface area contributed by atoms with Crippen molar-refractivity contribution in [1.29, 1.82) is 0 Å². The first kappa shape index (κ1) is 45.6. The van der Waals surface area contributed by atoms with Gasteiger partial charge in [-0.3, -0.25) is 9.69 Å². The number of aliphatic hydroxyl groups is 4. The molecule has 4 N–H and O–H groups in total. The first-order valence-corrected chi connectivity index (χ1v) is 20.0. The molecule has 0 aromatic heterocycles. The summed E-state index contributed by atoms with van der Waals surface area (Å²) in [6, 6.07) is 0. The van der Waals surface area contributed by atoms with Gasteiger partial charge in [-0.05, 0) is 85.3 Å². The van der Waals surface area contributed by atoms with Crippen LogP contribution in [0.15, 0.2) is 59.3 Å². The van der Waals surface area contributed by atoms with Crippen LogP contribution < -0.4 is 0 Å². The SMILES string of the molecule is CCC(O)C(C)C1OC1CC(C)(O)/C=C/C=C(\C)C1OC(=O)CC(O)CCC(C)(O)C(OC(=O)N2CCN(C/C=C(\C)CCC=C(C)C)CC2)/C=C/C1C. The Hall–Kier alpha value is -2.80. The van der Waals surface area contributed by atoms with Gasteiger partial charge in [0.25, 0.3) is 0 Å². The van der Waals surface area contributed by atoms with Gasteiger partial charge in [-0.25, -0.2) is 4.79 Å². The molecule has 3 aliphatic heterocycles. The fourth-order valence-corrected chi connectivity index (χ4v) is 7.07. The minimum absolute atomic E-state index is 0.0156. The van der Waals surface area contributed by atoms with Gasteiger partial charge in [0, 0.05) is 51.0 Å². The molecule has 0 bridgehead atoms. The Kier molecular flexibility index (Phi) is 17.7. The number of esters is 1. The van der Waals surface area contributed by atoms with E-state index in [1.54, 1.807) is 49.1 Å². The molecule has 2 saturated heterocycles. The highest BCUT2D eigenvalue weighted by Crippen LogP contribution is 2.37. The van der Waals surface area contributed by atoms with E-state index in [0.29, 0.717) is 44.6 Å². The van der Waals surface area contributed by atoms with E-state index in [9.17, 15) is 30.0 Å². The van der Waals surface area contributed by atoms with E-state index in [4.69, 9.17) is 14.2 Å². The number of hydrogen-bond acceptors (Lipinski definition) is 10. The molecular weight excluding hydrogens is 688 g/mol. The van der Waals surface area contributed by atoms with Gasteiger partial charge in [0.15, 0.2) is 6.10 Å². The van der Waals surface area contributed by atoms with Crippen molar-refractivity contribution in [3.05, 3.63) is 59.3 Å². The molecule has 0 aromatic carbocycles. The lowest BCUT2D eigenvalue weighted by Gasteiger charge is -2.37. The average Bonchev–Trinajstić information content (AvgIpc) is 3.87. The van der Waals surface area contributed by atoms with E-state index < -0.39 is 47.7 Å². The molecule has 10 atom stereocenters. The molecule has 3 rings (SSSR count). The Labute approximate surface area is 324 Å². The van der Waals surface area contributed by atoms with Crippen LogP contribution in [0.25, 0.3) is 0 Å². The second kappa shape index (κ2) is 20.9. The highest BCUT2D eigenvalue weighted by atomic mass is 16.6. The van der Waals surface area contributed by atoms with Crippen molar-refractivity contribution < 1.29 is 44.2 Å². The van der Waals surface area contributed by atoms with Gasteiger partial charge in [0.2, 0.25) is 0 Å². The number of ether oxygens (including phenoxy) is 3. The molecule has 0 saturated carbocycles. The van der Waals surface area contributed by atoms with E-state index in [1.165, 1.54) is 11.1 Å². The lowest BCUT2D eigenvalue weighted by atomic mass is 9.88. The molecule has 306 valence electrons. The van der Waals surface area contributed by atoms with E-state index in [0.717, 1.165) is 19.4 Å². The second-order valence-electron chi connectivity index (χ2n) is 16.7. The standard InChI is InChI=1S/C43H70N2O9/c1-10-35(47)33(7)40-36(52-40)28-42(8,50)20-12-15-31(5)39-32(6)16-17-37(43(9,51)21-18-34(46)27-38(48)54-39)53-41(49)45-25-23-44(24-26-45)22-19-30(4)14-11-13-29(2)3/h12-13,15-17,19-20,32-37,39-40,46-47,50-51H,10-11,14,18,21-28H2,1-9H3/b17-16+,20-12+,30-19+,31-15+. The minimum Gasteiger partial charge on any atom is -0.457 e. The highest BCUT2D eigenvalue weighted by molar-refractivity contribution is 5.70. The quantitative estimate of drug-likeness (QED) is 0.0717. The molecule has 54 heavy (non-hydrogen) atoms. The fraction of sp³-hybridized carbons (Fsp3) is 0.721. The molecule has 0 radical (unpaired) electrons. The van der Waals surface area contributed by atoms with Gasteiger partial charge in [-0.1, -0.05) is 68.4 Å². The number of hydrogen-bond donors (Lipinski definition) is 4. The number of allylic oxidation sites excluding steroid dienone is 5. The van der Waals surface area contributed by atoms with Gasteiger partial charge in [0.05, 0.1) is 36.4 Å². The summed E-state index contributed by atoms with van der Waals surface area (Å²) >= 11 is 0. The lowest BCUT2D eigenvalue weighted by Crippen LogP contribution is -2.51. The van der Waals surface area contributed by atoms with E-state index in [2.05, 4.69) is 37.8 Å². The molecular formula is C43H70N2O9. The summed E-state index contributed by atoms with van der Waals surface area (Å²) in [7, 11) is 0. The van der Waals surface area contributed by atoms with Crippen LogP contribution in [0, 0.1) is 11.8 Å². The zero-order valence-electron chi connectivity index (χ0n) is 34.4. The Bertz CT molecular complexity index is 1370. The Morgan fingerprint density at radius 1 is 1.15 bits per heavy atom. The highest BCUT2D eigenvalue weighted by Gasteiger charge is 2.47. The first-order chi connectivity index (χ1) is 25.3. The largest absolute Gasteiger partial charge is 0.457 e. The van der Waals surface area contributed by atoms with Gasteiger partial charge in [0.1, 0.15) is 11.7 Å². The summed E-state index contributed by atoms with van der Waals surface area (Å²) in [6.07, 6.45) is 12.2. The molecule has 10 unspecified atom stereocenters. The van der Waals surface area contributed by atoms with Crippen molar-refractivity contribution in [3.63, 3.8) is 0 Å².